The van der Waals surface area contributed by atoms with Gasteiger partial charge in [-0.2, -0.15) is 0 Å². The summed E-state index contributed by atoms with van der Waals surface area (Å²) in [6.45, 7) is 0.785. The molecular formula is C43H33Br3ClFN12O2. The SMILES string of the molecule is Brc1cnc2nc(COc3ccccc3)cn2c1.ClCc1cn2cc(Br)cnc2n1.Fc1ccccc1-c1cnc2nc(COc3ccccc3)cn2c1.Nc1ncc(Br)cn1. The number of imidazole rings is 3. The Morgan fingerprint density at radius 1 is 0.516 bits per heavy atom. The van der Waals surface area contributed by atoms with Gasteiger partial charge in [0.25, 0.3) is 0 Å². The molecule has 10 aromatic rings. The van der Waals surface area contributed by atoms with Crippen molar-refractivity contribution >= 4 is 82.7 Å². The maximum Gasteiger partial charge on any atom is 0.234 e. The fraction of sp³-hybridized carbons (Fsp3) is 0.0698. The maximum atomic E-state index is 13.9. The third-order valence-electron chi connectivity index (χ3n) is 8.24. The summed E-state index contributed by atoms with van der Waals surface area (Å²) in [7, 11) is 0. The number of hydrogen-bond donors (Lipinski definition) is 1. The Bertz CT molecular complexity index is 2970. The van der Waals surface area contributed by atoms with Crippen LogP contribution in [0.3, 0.4) is 0 Å². The van der Waals surface area contributed by atoms with Crippen molar-refractivity contribution in [1.29, 1.82) is 0 Å². The first-order chi connectivity index (χ1) is 30.2. The van der Waals surface area contributed by atoms with Gasteiger partial charge in [0.05, 0.1) is 36.4 Å². The Kier molecular flexibility index (Phi) is 15.1. The summed E-state index contributed by atoms with van der Waals surface area (Å²) < 4.78 is 33.4. The summed E-state index contributed by atoms with van der Waals surface area (Å²) in [5.41, 5.74) is 8.85. The molecule has 0 aliphatic rings. The highest BCUT2D eigenvalue weighted by Crippen LogP contribution is 2.22. The van der Waals surface area contributed by atoms with E-state index in [1.54, 1.807) is 53.6 Å². The average Bonchev–Trinajstić information content (AvgIpc) is 4.03. The van der Waals surface area contributed by atoms with E-state index in [1.807, 2.05) is 107 Å². The molecule has 62 heavy (non-hydrogen) atoms. The Morgan fingerprint density at radius 3 is 1.45 bits per heavy atom. The van der Waals surface area contributed by atoms with Crippen LogP contribution in [0.5, 0.6) is 11.5 Å². The highest BCUT2D eigenvalue weighted by atomic mass is 79.9. The van der Waals surface area contributed by atoms with Crippen LogP contribution in [0.1, 0.15) is 17.1 Å². The molecule has 19 heteroatoms. The summed E-state index contributed by atoms with van der Waals surface area (Å²) in [4.78, 5) is 33.0. The molecule has 14 nitrogen and oxygen atoms in total. The number of hydrogen-bond acceptors (Lipinski definition) is 11. The van der Waals surface area contributed by atoms with Crippen LogP contribution >= 0.6 is 59.4 Å². The first-order valence-electron chi connectivity index (χ1n) is 18.4. The highest BCUT2D eigenvalue weighted by molar-refractivity contribution is 9.11. The van der Waals surface area contributed by atoms with Gasteiger partial charge in [-0.25, -0.2) is 44.3 Å². The van der Waals surface area contributed by atoms with Crippen LogP contribution in [0.25, 0.3) is 28.5 Å². The van der Waals surface area contributed by atoms with Gasteiger partial charge in [-0.3, -0.25) is 13.2 Å². The van der Waals surface area contributed by atoms with Crippen molar-refractivity contribution < 1.29 is 13.9 Å². The van der Waals surface area contributed by atoms with Gasteiger partial charge in [0, 0.05) is 79.3 Å². The number of ether oxygens (including phenoxy) is 2. The number of aromatic nitrogens is 11. The molecule has 0 amide bonds. The predicted octanol–water partition coefficient (Wildman–Crippen LogP) is 10.2. The predicted molar refractivity (Wildman–Crippen MR) is 245 cm³/mol. The Labute approximate surface area is 384 Å². The molecule has 0 atom stereocenters. The van der Waals surface area contributed by atoms with Crippen molar-refractivity contribution in [1.82, 2.24) is 53.1 Å². The molecule has 3 aromatic carbocycles. The zero-order valence-electron chi connectivity index (χ0n) is 32.3. The van der Waals surface area contributed by atoms with Gasteiger partial charge < -0.3 is 15.2 Å². The summed E-state index contributed by atoms with van der Waals surface area (Å²) in [5, 5.41) is 0. The standard InChI is InChI=1S/C19H14FN3O.C13H10BrN3O.C7H5BrClN3.C4H4BrN3/c20-18-9-5-4-8-17(18)14-10-21-19-22-15(12-23(19)11-14)13-24-16-6-2-1-3-7-16;14-10-6-15-13-16-11(8-17(13)7-10)9-18-12-4-2-1-3-5-12;8-5-2-10-7-11-6(1-9)4-12(7)3-5;5-3-1-7-4(6)8-2-3/h1-12H,13H2;1-8H,9H2;2-4H,1H2;1-2H,(H2,6,7,8). The zero-order chi connectivity index (χ0) is 43.3. The second-order valence-corrected chi connectivity index (χ2v) is 15.8. The van der Waals surface area contributed by atoms with Gasteiger partial charge in [0.15, 0.2) is 0 Å². The number of nitrogens with two attached hydrogens (primary N) is 1. The number of nitrogens with zero attached hydrogens (tertiary/aromatic N) is 11. The third kappa shape index (κ3) is 12.4. The lowest BCUT2D eigenvalue weighted by Gasteiger charge is -2.03. The second-order valence-electron chi connectivity index (χ2n) is 12.8. The second kappa shape index (κ2) is 21.4. The monoisotopic (exact) mass is 1040 g/mol. The molecule has 0 bridgehead atoms. The van der Waals surface area contributed by atoms with Crippen LogP contribution in [-0.2, 0) is 19.1 Å². The van der Waals surface area contributed by atoms with Crippen LogP contribution in [0.15, 0.2) is 167 Å². The van der Waals surface area contributed by atoms with E-state index in [9.17, 15) is 4.39 Å². The van der Waals surface area contributed by atoms with Crippen LogP contribution < -0.4 is 15.2 Å². The number of fused-ring (bicyclic) bond motifs is 3. The van der Waals surface area contributed by atoms with E-state index in [0.29, 0.717) is 53.5 Å². The number of benzene rings is 3. The van der Waals surface area contributed by atoms with Crippen molar-refractivity contribution in [2.24, 2.45) is 0 Å². The van der Waals surface area contributed by atoms with Crippen LogP contribution in [-0.4, -0.2) is 53.1 Å². The Hall–Kier alpha value is -6.34. The van der Waals surface area contributed by atoms with Crippen LogP contribution in [0.2, 0.25) is 0 Å². The van der Waals surface area contributed by atoms with Gasteiger partial charge >= 0.3 is 0 Å². The quantitative estimate of drug-likeness (QED) is 0.144. The Balaban J connectivity index is 0.000000134. The minimum absolute atomic E-state index is 0.272. The number of rotatable bonds is 8. The van der Waals surface area contributed by atoms with E-state index in [2.05, 4.69) is 87.7 Å². The molecule has 7 heterocycles. The summed E-state index contributed by atoms with van der Waals surface area (Å²) >= 11 is 15.5. The fourth-order valence-corrected chi connectivity index (χ4v) is 6.44. The summed E-state index contributed by atoms with van der Waals surface area (Å²) in [6.07, 6.45) is 19.5. The molecule has 0 radical (unpaired) electrons. The highest BCUT2D eigenvalue weighted by Gasteiger charge is 2.09. The largest absolute Gasteiger partial charge is 0.487 e. The topological polar surface area (TPSA) is 161 Å². The molecule has 312 valence electrons. The van der Waals surface area contributed by atoms with E-state index in [4.69, 9.17) is 26.8 Å². The van der Waals surface area contributed by atoms with Crippen LogP contribution in [0, 0.1) is 5.82 Å². The van der Waals surface area contributed by atoms with Crippen molar-refractivity contribution in [3.63, 3.8) is 0 Å². The smallest absolute Gasteiger partial charge is 0.234 e. The minimum Gasteiger partial charge on any atom is -0.487 e. The van der Waals surface area contributed by atoms with E-state index >= 15 is 0 Å². The molecule has 0 spiro atoms. The number of halogens is 5. The normalized spacial score (nSPS) is 10.6. The number of anilines is 1. The molecule has 10 rings (SSSR count). The van der Waals surface area contributed by atoms with Crippen molar-refractivity contribution in [3.8, 4) is 22.6 Å². The first-order valence-corrected chi connectivity index (χ1v) is 21.3. The maximum absolute atomic E-state index is 13.9. The van der Waals surface area contributed by atoms with E-state index < -0.39 is 0 Å². The molecule has 0 saturated heterocycles. The van der Waals surface area contributed by atoms with Gasteiger partial charge in [-0.15, -0.1) is 11.6 Å². The van der Waals surface area contributed by atoms with Gasteiger partial charge in [0.2, 0.25) is 23.3 Å². The first kappa shape index (κ1) is 43.7. The third-order valence-corrected chi connectivity index (χ3v) is 9.74. The van der Waals surface area contributed by atoms with Gasteiger partial charge in [-0.05, 0) is 78.1 Å². The van der Waals surface area contributed by atoms with Crippen molar-refractivity contribution in [2.75, 3.05) is 5.73 Å². The molecule has 0 saturated carbocycles. The lowest BCUT2D eigenvalue weighted by atomic mass is 10.1. The fourth-order valence-electron chi connectivity index (χ4n) is 5.46. The van der Waals surface area contributed by atoms with Crippen LogP contribution in [0.4, 0.5) is 10.3 Å². The minimum atomic E-state index is -0.272. The zero-order valence-corrected chi connectivity index (χ0v) is 37.8. The van der Waals surface area contributed by atoms with E-state index in [1.165, 1.54) is 6.07 Å². The average molecular weight is 1040 g/mol. The molecule has 0 fully saturated rings. The molecule has 0 unspecified atom stereocenters. The summed E-state index contributed by atoms with van der Waals surface area (Å²) in [6, 6.07) is 25.9. The molecular weight excluding hydrogens is 1010 g/mol. The number of para-hydroxylation sites is 2. The molecule has 2 N–H and O–H groups in total. The van der Waals surface area contributed by atoms with Gasteiger partial charge in [0.1, 0.15) is 30.5 Å². The Morgan fingerprint density at radius 2 is 0.952 bits per heavy atom. The molecule has 0 aliphatic carbocycles. The molecule has 7 aromatic heterocycles. The van der Waals surface area contributed by atoms with Gasteiger partial charge in [-0.1, -0.05) is 54.6 Å². The number of nitrogen functional groups attached to an aromatic ring is 1. The lowest BCUT2D eigenvalue weighted by molar-refractivity contribution is 0.302. The lowest BCUT2D eigenvalue weighted by Crippen LogP contribution is -1.94. The summed E-state index contributed by atoms with van der Waals surface area (Å²) in [5.74, 6) is 3.97. The molecule has 0 aliphatic heterocycles. The van der Waals surface area contributed by atoms with Crippen molar-refractivity contribution in [2.45, 2.75) is 19.1 Å². The van der Waals surface area contributed by atoms with E-state index in [0.717, 1.165) is 42.0 Å². The van der Waals surface area contributed by atoms with E-state index in [-0.39, 0.29) is 5.82 Å². The number of alkyl halides is 1. The van der Waals surface area contributed by atoms with Crippen molar-refractivity contribution in [3.05, 3.63) is 189 Å².